The zero-order valence-corrected chi connectivity index (χ0v) is 18.0. The summed E-state index contributed by atoms with van der Waals surface area (Å²) in [5, 5.41) is 0. The Morgan fingerprint density at radius 2 is 1.47 bits per heavy atom. The highest BCUT2D eigenvalue weighted by Crippen LogP contribution is 2.27. The van der Waals surface area contributed by atoms with E-state index in [1.165, 1.54) is 0 Å². The molecule has 0 N–H and O–H groups in total. The largest absolute Gasteiger partial charge is 0.493 e. The minimum atomic E-state index is -0.178. The van der Waals surface area contributed by atoms with Crippen molar-refractivity contribution in [3.8, 4) is 11.5 Å². The molecule has 4 rings (SSSR count). The monoisotopic (exact) mass is 434 g/mol. The van der Waals surface area contributed by atoms with E-state index in [-0.39, 0.29) is 24.2 Å². The van der Waals surface area contributed by atoms with Crippen LogP contribution in [-0.2, 0) is 6.61 Å². The van der Waals surface area contributed by atoms with Crippen molar-refractivity contribution < 1.29 is 23.5 Å². The van der Waals surface area contributed by atoms with E-state index in [9.17, 15) is 9.59 Å². The maximum Gasteiger partial charge on any atom is 0.289 e. The van der Waals surface area contributed by atoms with Crippen molar-refractivity contribution in [3.05, 3.63) is 83.8 Å². The molecule has 0 atom stereocenters. The first-order chi connectivity index (χ1) is 15.7. The van der Waals surface area contributed by atoms with Gasteiger partial charge >= 0.3 is 0 Å². The van der Waals surface area contributed by atoms with Gasteiger partial charge in [0.1, 0.15) is 12.4 Å². The molecule has 166 valence electrons. The van der Waals surface area contributed by atoms with Crippen LogP contribution in [0.25, 0.3) is 0 Å². The number of ether oxygens (including phenoxy) is 2. The lowest BCUT2D eigenvalue weighted by Crippen LogP contribution is -2.37. The topological polar surface area (TPSA) is 72.2 Å². The summed E-state index contributed by atoms with van der Waals surface area (Å²) in [4.78, 5) is 29.2. The lowest BCUT2D eigenvalue weighted by Gasteiger charge is -2.21. The SMILES string of the molecule is COc1ccccc1OCc1ccc(C(=O)N2CCCN(C(=O)c3ccccc3)CC2)o1. The highest BCUT2D eigenvalue weighted by molar-refractivity contribution is 5.94. The first kappa shape index (κ1) is 21.5. The lowest BCUT2D eigenvalue weighted by molar-refractivity contribution is 0.0697. The van der Waals surface area contributed by atoms with Gasteiger partial charge in [0.25, 0.3) is 11.8 Å². The van der Waals surface area contributed by atoms with Crippen LogP contribution in [-0.4, -0.2) is 54.9 Å². The predicted molar refractivity (Wildman–Crippen MR) is 119 cm³/mol. The van der Waals surface area contributed by atoms with Crippen LogP contribution in [0.4, 0.5) is 0 Å². The normalized spacial score (nSPS) is 14.0. The van der Waals surface area contributed by atoms with Gasteiger partial charge in [-0.05, 0) is 42.8 Å². The number of benzene rings is 2. The molecule has 0 aliphatic carbocycles. The van der Waals surface area contributed by atoms with Crippen LogP contribution in [0.1, 0.15) is 33.1 Å². The van der Waals surface area contributed by atoms with Crippen molar-refractivity contribution in [3.63, 3.8) is 0 Å². The number of methoxy groups -OCH3 is 1. The van der Waals surface area contributed by atoms with Gasteiger partial charge in [-0.15, -0.1) is 0 Å². The Labute approximate surface area is 187 Å². The molecule has 7 nitrogen and oxygen atoms in total. The molecule has 7 heteroatoms. The molecule has 2 aromatic carbocycles. The summed E-state index contributed by atoms with van der Waals surface area (Å²) in [7, 11) is 1.58. The Bertz CT molecular complexity index is 1060. The Balaban J connectivity index is 1.34. The van der Waals surface area contributed by atoms with Crippen LogP contribution in [0.5, 0.6) is 11.5 Å². The van der Waals surface area contributed by atoms with E-state index in [0.29, 0.717) is 49.0 Å². The fourth-order valence-electron chi connectivity index (χ4n) is 3.70. The maximum absolute atomic E-state index is 13.0. The Hall–Kier alpha value is -3.74. The number of furan rings is 1. The Morgan fingerprint density at radius 1 is 0.812 bits per heavy atom. The van der Waals surface area contributed by atoms with Crippen molar-refractivity contribution in [1.29, 1.82) is 0 Å². The molecule has 0 unspecified atom stereocenters. The number of hydrogen-bond acceptors (Lipinski definition) is 5. The van der Waals surface area contributed by atoms with Crippen molar-refractivity contribution in [2.45, 2.75) is 13.0 Å². The minimum absolute atomic E-state index is 0.00586. The fourth-order valence-corrected chi connectivity index (χ4v) is 3.70. The van der Waals surface area contributed by atoms with Crippen LogP contribution in [0, 0.1) is 0 Å². The molecule has 2 amide bonds. The summed E-state index contributed by atoms with van der Waals surface area (Å²) in [5.74, 6) is 1.88. The van der Waals surface area contributed by atoms with Crippen LogP contribution in [0.2, 0.25) is 0 Å². The smallest absolute Gasteiger partial charge is 0.289 e. The average Bonchev–Trinajstić information content (AvgIpc) is 3.18. The second-order valence-electron chi connectivity index (χ2n) is 7.51. The van der Waals surface area contributed by atoms with E-state index in [0.717, 1.165) is 6.42 Å². The number of rotatable bonds is 6. The molecule has 0 spiro atoms. The van der Waals surface area contributed by atoms with Gasteiger partial charge in [0.15, 0.2) is 17.3 Å². The summed E-state index contributed by atoms with van der Waals surface area (Å²) in [6, 6.07) is 20.0. The maximum atomic E-state index is 13.0. The summed E-state index contributed by atoms with van der Waals surface area (Å²) >= 11 is 0. The van der Waals surface area contributed by atoms with Gasteiger partial charge < -0.3 is 23.7 Å². The van der Waals surface area contributed by atoms with Gasteiger partial charge in [0.2, 0.25) is 0 Å². The van der Waals surface area contributed by atoms with Crippen molar-refractivity contribution in [2.75, 3.05) is 33.3 Å². The molecular weight excluding hydrogens is 408 g/mol. The summed E-state index contributed by atoms with van der Waals surface area (Å²) in [6.45, 7) is 2.33. The van der Waals surface area contributed by atoms with E-state index in [2.05, 4.69) is 0 Å². The molecule has 0 radical (unpaired) electrons. The molecule has 1 aliphatic heterocycles. The summed E-state index contributed by atoms with van der Waals surface area (Å²) < 4.78 is 16.8. The van der Waals surface area contributed by atoms with Gasteiger partial charge in [-0.3, -0.25) is 9.59 Å². The number of hydrogen-bond donors (Lipinski definition) is 0. The highest BCUT2D eigenvalue weighted by Gasteiger charge is 2.25. The molecule has 2 heterocycles. The average molecular weight is 434 g/mol. The number of nitrogens with zero attached hydrogens (tertiary/aromatic N) is 2. The third-order valence-corrected chi connectivity index (χ3v) is 5.40. The summed E-state index contributed by atoms with van der Waals surface area (Å²) in [6.07, 6.45) is 0.717. The molecule has 32 heavy (non-hydrogen) atoms. The lowest BCUT2D eigenvalue weighted by atomic mass is 10.2. The zero-order valence-electron chi connectivity index (χ0n) is 18.0. The Kier molecular flexibility index (Phi) is 6.75. The van der Waals surface area contributed by atoms with Crippen LogP contribution in [0.3, 0.4) is 0 Å². The molecule has 1 aliphatic rings. The van der Waals surface area contributed by atoms with Gasteiger partial charge in [-0.2, -0.15) is 0 Å². The quantitative estimate of drug-likeness (QED) is 0.589. The van der Waals surface area contributed by atoms with E-state index in [1.807, 2.05) is 54.6 Å². The van der Waals surface area contributed by atoms with Crippen LogP contribution < -0.4 is 9.47 Å². The number of carbonyl (C=O) groups excluding carboxylic acids is 2. The standard InChI is InChI=1S/C25H26N2O5/c1-30-21-10-5-6-11-22(21)31-18-20-12-13-23(32-20)25(29)27-15-7-14-26(16-17-27)24(28)19-8-3-2-4-9-19/h2-6,8-13H,7,14-18H2,1H3. The number of para-hydroxylation sites is 2. The van der Waals surface area contributed by atoms with E-state index in [1.54, 1.807) is 29.0 Å². The van der Waals surface area contributed by atoms with E-state index < -0.39 is 0 Å². The number of amides is 2. The molecule has 1 saturated heterocycles. The summed E-state index contributed by atoms with van der Waals surface area (Å²) in [5.41, 5.74) is 0.665. The molecule has 1 fully saturated rings. The Morgan fingerprint density at radius 3 is 2.19 bits per heavy atom. The zero-order chi connectivity index (χ0) is 22.3. The minimum Gasteiger partial charge on any atom is -0.493 e. The van der Waals surface area contributed by atoms with E-state index >= 15 is 0 Å². The molecule has 0 bridgehead atoms. The van der Waals surface area contributed by atoms with Crippen LogP contribution in [0.15, 0.2) is 71.1 Å². The van der Waals surface area contributed by atoms with Gasteiger partial charge in [-0.25, -0.2) is 0 Å². The van der Waals surface area contributed by atoms with Crippen molar-refractivity contribution in [2.24, 2.45) is 0 Å². The second kappa shape index (κ2) is 10.0. The molecular formula is C25H26N2O5. The van der Waals surface area contributed by atoms with E-state index in [4.69, 9.17) is 13.9 Å². The molecule has 0 saturated carbocycles. The first-order valence-electron chi connectivity index (χ1n) is 10.6. The third-order valence-electron chi connectivity index (χ3n) is 5.40. The number of carbonyl (C=O) groups is 2. The van der Waals surface area contributed by atoms with Crippen molar-refractivity contribution in [1.82, 2.24) is 9.80 Å². The van der Waals surface area contributed by atoms with Crippen molar-refractivity contribution >= 4 is 11.8 Å². The first-order valence-corrected chi connectivity index (χ1v) is 10.6. The van der Waals surface area contributed by atoms with Crippen LogP contribution >= 0.6 is 0 Å². The van der Waals surface area contributed by atoms with Gasteiger partial charge in [-0.1, -0.05) is 30.3 Å². The molecule has 3 aromatic rings. The van der Waals surface area contributed by atoms with Gasteiger partial charge in [0.05, 0.1) is 7.11 Å². The molecule has 1 aromatic heterocycles. The second-order valence-corrected chi connectivity index (χ2v) is 7.51. The predicted octanol–water partition coefficient (Wildman–Crippen LogP) is 3.86. The fraction of sp³-hybridized carbons (Fsp3) is 0.280. The van der Waals surface area contributed by atoms with Gasteiger partial charge in [0, 0.05) is 31.7 Å². The third kappa shape index (κ3) is 4.94. The highest BCUT2D eigenvalue weighted by atomic mass is 16.5.